The van der Waals surface area contributed by atoms with Crippen molar-refractivity contribution < 1.29 is 14.5 Å². The highest BCUT2D eigenvalue weighted by atomic mass is 35.5. The summed E-state index contributed by atoms with van der Waals surface area (Å²) in [6.07, 6.45) is 0. The summed E-state index contributed by atoms with van der Waals surface area (Å²) in [5, 5.41) is 11.8. The number of carboxylic acid groups (broad SMARTS) is 1. The molecule has 2 N–H and O–H groups in total. The molecule has 0 amide bonds. The zero-order valence-electron chi connectivity index (χ0n) is 13.0. The fraction of sp³-hybridized carbons (Fsp3) is 0.200. The summed E-state index contributed by atoms with van der Waals surface area (Å²) in [5.41, 5.74) is 0.303. The first-order valence-electron chi connectivity index (χ1n) is 7.18. The number of hydrogen-bond acceptors (Lipinski definition) is 5. The first-order chi connectivity index (χ1) is 11.9. The molecule has 0 radical (unpaired) electrons. The van der Waals surface area contributed by atoms with Crippen molar-refractivity contribution in [1.29, 1.82) is 0 Å². The average Bonchev–Trinajstić information content (AvgIpc) is 2.92. The van der Waals surface area contributed by atoms with Gasteiger partial charge in [-0.1, -0.05) is 23.7 Å². The molecule has 2 aromatic heterocycles. The maximum Gasteiger partial charge on any atom is 0.331 e. The van der Waals surface area contributed by atoms with Crippen LogP contribution in [0.15, 0.2) is 39.0 Å². The Morgan fingerprint density at radius 2 is 1.96 bits per heavy atom. The van der Waals surface area contributed by atoms with Crippen molar-refractivity contribution in [1.82, 2.24) is 14.5 Å². The van der Waals surface area contributed by atoms with Crippen molar-refractivity contribution >= 4 is 40.5 Å². The van der Waals surface area contributed by atoms with Crippen molar-refractivity contribution in [3.8, 4) is 0 Å². The molecule has 10 heteroatoms. The normalized spacial score (nSPS) is 11.1. The van der Waals surface area contributed by atoms with Crippen LogP contribution in [0.5, 0.6) is 0 Å². The fourth-order valence-electron chi connectivity index (χ4n) is 2.44. The summed E-state index contributed by atoms with van der Waals surface area (Å²) < 4.78 is 2.89. The van der Waals surface area contributed by atoms with Crippen LogP contribution in [-0.4, -0.2) is 26.3 Å². The van der Waals surface area contributed by atoms with Gasteiger partial charge in [-0.05, 0) is 29.5 Å². The van der Waals surface area contributed by atoms with E-state index in [9.17, 15) is 19.5 Å². The third kappa shape index (κ3) is 3.47. The van der Waals surface area contributed by atoms with Gasteiger partial charge in [-0.3, -0.25) is 14.3 Å². The van der Waals surface area contributed by atoms with Crippen LogP contribution in [0.2, 0.25) is 5.02 Å². The lowest BCUT2D eigenvalue weighted by Gasteiger charge is -2.03. The number of imidazole rings is 1. The minimum Gasteiger partial charge on any atom is -0.549 e. The summed E-state index contributed by atoms with van der Waals surface area (Å²) in [6, 6.07) is 7.05. The van der Waals surface area contributed by atoms with Crippen LogP contribution in [0.25, 0.3) is 11.2 Å². The molecule has 0 spiro atoms. The van der Waals surface area contributed by atoms with E-state index in [0.717, 1.165) is 17.3 Å². The number of rotatable bonds is 5. The van der Waals surface area contributed by atoms with Crippen molar-refractivity contribution in [3.63, 3.8) is 0 Å². The first kappa shape index (κ1) is 17.3. The molecule has 0 aliphatic rings. The number of nitrogens with one attached hydrogen (secondary N) is 2. The molecule has 0 saturated carbocycles. The van der Waals surface area contributed by atoms with Gasteiger partial charge < -0.3 is 9.90 Å². The van der Waals surface area contributed by atoms with E-state index in [2.05, 4.69) is 9.97 Å². The Morgan fingerprint density at radius 3 is 2.60 bits per heavy atom. The number of aromatic nitrogens is 4. The van der Waals surface area contributed by atoms with Gasteiger partial charge in [-0.2, -0.15) is 0 Å². The van der Waals surface area contributed by atoms with E-state index in [4.69, 9.17) is 11.6 Å². The van der Waals surface area contributed by atoms with Crippen molar-refractivity contribution in [3.05, 3.63) is 55.7 Å². The van der Waals surface area contributed by atoms with Gasteiger partial charge in [0.15, 0.2) is 0 Å². The first-order valence-corrected chi connectivity index (χ1v) is 8.55. The molecular weight excluding hydrogens is 368 g/mol. The SMILES string of the molecule is Cn1c(=O)[nH]c(=O)c2c1[nH]c(SCC(=O)[O-])[n+]2Cc1ccc(Cl)cc1. The van der Waals surface area contributed by atoms with Gasteiger partial charge in [0.05, 0.1) is 5.97 Å². The molecule has 2 heterocycles. The predicted molar refractivity (Wildman–Crippen MR) is 90.6 cm³/mol. The van der Waals surface area contributed by atoms with Gasteiger partial charge in [0.25, 0.3) is 11.2 Å². The summed E-state index contributed by atoms with van der Waals surface area (Å²) in [7, 11) is 1.51. The molecular formula is C15H13ClN4O4S. The molecule has 3 aromatic rings. The highest BCUT2D eigenvalue weighted by Gasteiger charge is 2.25. The number of halogens is 1. The monoisotopic (exact) mass is 380 g/mol. The molecule has 0 unspecified atom stereocenters. The van der Waals surface area contributed by atoms with Crippen LogP contribution in [0.3, 0.4) is 0 Å². The van der Waals surface area contributed by atoms with E-state index in [1.165, 1.54) is 11.6 Å². The number of carboxylic acids is 1. The lowest BCUT2D eigenvalue weighted by atomic mass is 10.2. The van der Waals surface area contributed by atoms with Crippen LogP contribution in [0.1, 0.15) is 5.56 Å². The Kier molecular flexibility index (Phi) is 4.69. The highest BCUT2D eigenvalue weighted by Crippen LogP contribution is 2.16. The molecule has 0 bridgehead atoms. The van der Waals surface area contributed by atoms with E-state index < -0.39 is 17.2 Å². The van der Waals surface area contributed by atoms with Gasteiger partial charge in [0.2, 0.25) is 0 Å². The van der Waals surface area contributed by atoms with E-state index in [1.54, 1.807) is 28.8 Å². The second-order valence-electron chi connectivity index (χ2n) is 5.32. The largest absolute Gasteiger partial charge is 0.549 e. The van der Waals surface area contributed by atoms with Crippen molar-refractivity contribution in [2.24, 2.45) is 7.05 Å². The maximum absolute atomic E-state index is 12.3. The summed E-state index contributed by atoms with van der Waals surface area (Å²) >= 11 is 6.86. The number of hydrogen-bond donors (Lipinski definition) is 2. The van der Waals surface area contributed by atoms with E-state index in [0.29, 0.717) is 22.4 Å². The zero-order valence-corrected chi connectivity index (χ0v) is 14.6. The summed E-state index contributed by atoms with van der Waals surface area (Å²) in [5.74, 6) is -1.52. The lowest BCUT2D eigenvalue weighted by molar-refractivity contribution is -0.700. The maximum atomic E-state index is 12.3. The van der Waals surface area contributed by atoms with Gasteiger partial charge in [0, 0.05) is 17.8 Å². The molecule has 25 heavy (non-hydrogen) atoms. The Bertz CT molecular complexity index is 1070. The Labute approximate surface area is 150 Å². The number of carbonyl (C=O) groups is 1. The van der Waals surface area contributed by atoms with Gasteiger partial charge in [-0.25, -0.2) is 14.3 Å². The molecule has 1 aromatic carbocycles. The predicted octanol–water partition coefficient (Wildman–Crippen LogP) is -0.614. The Hall–Kier alpha value is -2.52. The number of H-pyrrole nitrogens is 2. The number of fused-ring (bicyclic) bond motifs is 1. The number of aliphatic carboxylic acids is 1. The smallest absolute Gasteiger partial charge is 0.331 e. The third-order valence-corrected chi connectivity index (χ3v) is 4.85. The quantitative estimate of drug-likeness (QED) is 0.452. The molecule has 0 saturated heterocycles. The van der Waals surface area contributed by atoms with Crippen LogP contribution < -0.4 is 20.9 Å². The van der Waals surface area contributed by atoms with Crippen LogP contribution >= 0.6 is 23.4 Å². The van der Waals surface area contributed by atoms with Crippen molar-refractivity contribution in [2.75, 3.05) is 5.75 Å². The minimum atomic E-state index is -1.23. The molecule has 3 rings (SSSR count). The number of thioether (sulfide) groups is 1. The van der Waals surface area contributed by atoms with Gasteiger partial charge >= 0.3 is 16.4 Å². The third-order valence-electron chi connectivity index (χ3n) is 3.62. The Balaban J connectivity index is 2.18. The summed E-state index contributed by atoms with van der Waals surface area (Å²) in [4.78, 5) is 40.1. The number of aryl methyl sites for hydroxylation is 1. The van der Waals surface area contributed by atoms with Gasteiger partial charge in [-0.15, -0.1) is 0 Å². The summed E-state index contributed by atoms with van der Waals surface area (Å²) in [6.45, 7) is 0.299. The molecule has 0 aliphatic carbocycles. The molecule has 0 fully saturated rings. The standard InChI is InChI=1S/C15H13ClN4O4S/c1-19-12-11(13(23)18-14(19)24)20(15(17-12)25-7-10(21)22)6-8-2-4-9(16)5-3-8/h2-5H,6-7H2,1H3,(H2,18,21,22,23,24). The fourth-order valence-corrected chi connectivity index (χ4v) is 3.30. The Morgan fingerprint density at radius 1 is 1.28 bits per heavy atom. The second kappa shape index (κ2) is 6.77. The number of benzene rings is 1. The lowest BCUT2D eigenvalue weighted by Crippen LogP contribution is -2.41. The molecule has 0 atom stereocenters. The highest BCUT2D eigenvalue weighted by molar-refractivity contribution is 7.99. The van der Waals surface area contributed by atoms with Gasteiger partial charge in [0.1, 0.15) is 6.54 Å². The van der Waals surface area contributed by atoms with Crippen LogP contribution in [-0.2, 0) is 18.4 Å². The molecule has 130 valence electrons. The number of nitrogens with zero attached hydrogens (tertiary/aromatic N) is 2. The number of carbonyl (C=O) groups excluding carboxylic acids is 1. The zero-order chi connectivity index (χ0) is 18.1. The number of aromatic amines is 2. The van der Waals surface area contributed by atoms with E-state index in [1.807, 2.05) is 0 Å². The van der Waals surface area contributed by atoms with E-state index in [-0.39, 0.29) is 11.3 Å². The van der Waals surface area contributed by atoms with Crippen LogP contribution in [0.4, 0.5) is 0 Å². The minimum absolute atomic E-state index is 0.248. The molecule has 0 aliphatic heterocycles. The topological polar surface area (TPSA) is 115 Å². The second-order valence-corrected chi connectivity index (χ2v) is 6.72. The molecule has 8 nitrogen and oxygen atoms in total. The van der Waals surface area contributed by atoms with E-state index >= 15 is 0 Å². The van der Waals surface area contributed by atoms with Crippen molar-refractivity contribution in [2.45, 2.75) is 11.7 Å². The van der Waals surface area contributed by atoms with Crippen LogP contribution in [0, 0.1) is 0 Å². The average molecular weight is 381 g/mol.